The number of carboxylic acids is 1. The van der Waals surface area contributed by atoms with Crippen LogP contribution in [-0.2, 0) is 4.79 Å². The fourth-order valence-electron chi connectivity index (χ4n) is 2.25. The quantitative estimate of drug-likeness (QED) is 0.637. The lowest BCUT2D eigenvalue weighted by atomic mass is 10.1. The first-order valence-corrected chi connectivity index (χ1v) is 8.40. The van der Waals surface area contributed by atoms with Crippen LogP contribution in [0.25, 0.3) is 0 Å². The second-order valence-electron chi connectivity index (χ2n) is 5.98. The number of halogens is 5. The minimum atomic E-state index is -5.08. The van der Waals surface area contributed by atoms with Crippen LogP contribution in [0.4, 0.5) is 17.6 Å². The van der Waals surface area contributed by atoms with E-state index < -0.39 is 24.1 Å². The number of benzene rings is 1. The van der Waals surface area contributed by atoms with Crippen molar-refractivity contribution in [1.29, 1.82) is 0 Å². The third-order valence-corrected chi connectivity index (χ3v) is 3.98. The molecule has 27 heavy (non-hydrogen) atoms. The molecule has 0 amide bonds. The summed E-state index contributed by atoms with van der Waals surface area (Å²) >= 11 is 5.59. The van der Waals surface area contributed by atoms with Crippen molar-refractivity contribution in [2.24, 2.45) is 5.73 Å². The summed E-state index contributed by atoms with van der Waals surface area (Å²) in [5.74, 6) is -2.91. The number of nitrogens with zero attached hydrogens (tertiary/aromatic N) is 1. The average molecular weight is 417 g/mol. The Morgan fingerprint density at radius 3 is 2.41 bits per heavy atom. The largest absolute Gasteiger partial charge is 0.491 e. The zero-order valence-electron chi connectivity index (χ0n) is 14.3. The maximum Gasteiger partial charge on any atom is 0.490 e. The van der Waals surface area contributed by atoms with Crippen LogP contribution in [-0.4, -0.2) is 65.6 Å². The molecule has 0 saturated carbocycles. The number of aliphatic carboxylic acids is 1. The monoisotopic (exact) mass is 416 g/mol. The van der Waals surface area contributed by atoms with Crippen LogP contribution in [0.15, 0.2) is 18.2 Å². The van der Waals surface area contributed by atoms with Gasteiger partial charge in [-0.05, 0) is 38.1 Å². The predicted molar refractivity (Wildman–Crippen MR) is 90.3 cm³/mol. The first kappa shape index (κ1) is 23.4. The molecule has 1 aliphatic heterocycles. The van der Waals surface area contributed by atoms with Gasteiger partial charge >= 0.3 is 12.1 Å². The first-order valence-electron chi connectivity index (χ1n) is 8.03. The highest BCUT2D eigenvalue weighted by molar-refractivity contribution is 6.30. The third kappa shape index (κ3) is 9.23. The number of β-amino-alcohol motifs (C(OH)–C–C–N with tert-alkyl or cyclic N) is 1. The number of ether oxygens (including phenoxy) is 1. The van der Waals surface area contributed by atoms with Crippen molar-refractivity contribution >= 4 is 17.6 Å². The van der Waals surface area contributed by atoms with Crippen molar-refractivity contribution < 1.29 is 37.3 Å². The molecule has 11 heteroatoms. The number of nitrogens with two attached hydrogens (primary N) is 1. The molecule has 1 atom stereocenters. The lowest BCUT2D eigenvalue weighted by Gasteiger charge is -2.31. The topological polar surface area (TPSA) is 96.0 Å². The van der Waals surface area contributed by atoms with Gasteiger partial charge in [0.25, 0.3) is 0 Å². The van der Waals surface area contributed by atoms with Gasteiger partial charge in [-0.2, -0.15) is 13.2 Å². The lowest BCUT2D eigenvalue weighted by Crippen LogP contribution is -2.44. The number of piperidine rings is 1. The SMILES string of the molecule is NC1CCN(CC(O)COc2ccc(Cl)c(F)c2)CC1.O=C(O)C(F)(F)F. The molecule has 0 aromatic heterocycles. The fourth-order valence-corrected chi connectivity index (χ4v) is 2.36. The third-order valence-electron chi connectivity index (χ3n) is 3.68. The molecule has 0 spiro atoms. The van der Waals surface area contributed by atoms with Crippen LogP contribution in [0.2, 0.25) is 5.02 Å². The number of carbonyl (C=O) groups is 1. The van der Waals surface area contributed by atoms with Crippen LogP contribution in [0.3, 0.4) is 0 Å². The highest BCUT2D eigenvalue weighted by atomic mass is 35.5. The molecule has 1 heterocycles. The van der Waals surface area contributed by atoms with Gasteiger partial charge in [-0.25, -0.2) is 9.18 Å². The number of hydrogen-bond donors (Lipinski definition) is 3. The number of rotatable bonds is 5. The van der Waals surface area contributed by atoms with Crippen LogP contribution < -0.4 is 10.5 Å². The van der Waals surface area contributed by atoms with Crippen molar-refractivity contribution in [2.75, 3.05) is 26.2 Å². The maximum atomic E-state index is 13.2. The minimum Gasteiger partial charge on any atom is -0.491 e. The summed E-state index contributed by atoms with van der Waals surface area (Å²) in [5, 5.41) is 17.1. The second-order valence-corrected chi connectivity index (χ2v) is 6.39. The van der Waals surface area contributed by atoms with Crippen molar-refractivity contribution in [1.82, 2.24) is 4.90 Å². The van der Waals surface area contributed by atoms with E-state index in [1.807, 2.05) is 0 Å². The van der Waals surface area contributed by atoms with E-state index in [4.69, 9.17) is 32.0 Å². The van der Waals surface area contributed by atoms with Crippen molar-refractivity contribution in [3.05, 3.63) is 29.0 Å². The van der Waals surface area contributed by atoms with Gasteiger partial charge in [-0.15, -0.1) is 0 Å². The van der Waals surface area contributed by atoms with E-state index in [2.05, 4.69) is 4.90 Å². The summed E-state index contributed by atoms with van der Waals surface area (Å²) in [6.07, 6.45) is -3.78. The van der Waals surface area contributed by atoms with Gasteiger partial charge in [0.2, 0.25) is 0 Å². The number of carboxylic acid groups (broad SMARTS) is 1. The van der Waals surface area contributed by atoms with E-state index in [1.165, 1.54) is 12.1 Å². The zero-order chi connectivity index (χ0) is 20.6. The van der Waals surface area contributed by atoms with Crippen LogP contribution in [0, 0.1) is 5.82 Å². The number of aliphatic hydroxyl groups is 1. The number of likely N-dealkylation sites (tertiary alicyclic amines) is 1. The molecule has 154 valence electrons. The molecule has 0 aliphatic carbocycles. The zero-order valence-corrected chi connectivity index (χ0v) is 15.0. The van der Waals surface area contributed by atoms with Crippen molar-refractivity contribution in [3.63, 3.8) is 0 Å². The van der Waals surface area contributed by atoms with E-state index in [1.54, 1.807) is 6.07 Å². The van der Waals surface area contributed by atoms with Crippen LogP contribution in [0.1, 0.15) is 12.8 Å². The summed E-state index contributed by atoms with van der Waals surface area (Å²) in [6, 6.07) is 4.51. The summed E-state index contributed by atoms with van der Waals surface area (Å²) in [4.78, 5) is 11.1. The highest BCUT2D eigenvalue weighted by Crippen LogP contribution is 2.20. The Morgan fingerprint density at radius 2 is 1.93 bits per heavy atom. The number of alkyl halides is 3. The molecule has 0 bridgehead atoms. The van der Waals surface area contributed by atoms with Gasteiger partial charge in [0.05, 0.1) is 5.02 Å². The normalized spacial score (nSPS) is 17.0. The van der Waals surface area contributed by atoms with Gasteiger partial charge < -0.3 is 25.6 Å². The lowest BCUT2D eigenvalue weighted by molar-refractivity contribution is -0.192. The molecule has 1 saturated heterocycles. The fraction of sp³-hybridized carbons (Fsp3) is 0.562. The number of hydrogen-bond acceptors (Lipinski definition) is 5. The number of aliphatic hydroxyl groups excluding tert-OH is 1. The summed E-state index contributed by atoms with van der Waals surface area (Å²) < 4.78 is 50.3. The second kappa shape index (κ2) is 10.6. The molecular formula is C16H21ClF4N2O4. The molecule has 1 aromatic carbocycles. The Bertz CT molecular complexity index is 611. The molecule has 4 N–H and O–H groups in total. The summed E-state index contributed by atoms with van der Waals surface area (Å²) in [6.45, 7) is 2.47. The van der Waals surface area contributed by atoms with E-state index in [0.717, 1.165) is 25.9 Å². The van der Waals surface area contributed by atoms with E-state index >= 15 is 0 Å². The Morgan fingerprint density at radius 1 is 1.37 bits per heavy atom. The molecule has 1 aromatic rings. The van der Waals surface area contributed by atoms with E-state index in [-0.39, 0.29) is 17.7 Å². The van der Waals surface area contributed by atoms with Gasteiger partial charge in [-0.1, -0.05) is 11.6 Å². The standard InChI is InChI=1S/C14H20ClFN2O2.C2HF3O2/c15-13-2-1-12(7-14(13)16)20-9-11(19)8-18-5-3-10(17)4-6-18;3-2(4,5)1(6)7/h1-2,7,10-11,19H,3-6,8-9,17H2;(H,6,7). The summed E-state index contributed by atoms with van der Waals surface area (Å²) in [7, 11) is 0. The summed E-state index contributed by atoms with van der Waals surface area (Å²) in [5.41, 5.74) is 5.83. The Hall–Kier alpha value is -1.62. The van der Waals surface area contributed by atoms with Crippen LogP contribution in [0.5, 0.6) is 5.75 Å². The Balaban J connectivity index is 0.000000445. The molecular weight excluding hydrogens is 396 g/mol. The molecule has 6 nitrogen and oxygen atoms in total. The Kier molecular flexibility index (Phi) is 9.23. The Labute approximate surface area is 158 Å². The van der Waals surface area contributed by atoms with Crippen molar-refractivity contribution in [3.8, 4) is 5.75 Å². The smallest absolute Gasteiger partial charge is 0.490 e. The van der Waals surface area contributed by atoms with Crippen LogP contribution >= 0.6 is 11.6 Å². The predicted octanol–water partition coefficient (Wildman–Crippen LogP) is 2.28. The first-order chi connectivity index (χ1) is 12.5. The molecule has 1 aliphatic rings. The van der Waals surface area contributed by atoms with E-state index in [0.29, 0.717) is 12.3 Å². The molecule has 1 unspecified atom stereocenters. The minimum absolute atomic E-state index is 0.0579. The van der Waals surface area contributed by atoms with E-state index in [9.17, 15) is 22.7 Å². The highest BCUT2D eigenvalue weighted by Gasteiger charge is 2.38. The van der Waals surface area contributed by atoms with Gasteiger partial charge in [-0.3, -0.25) is 0 Å². The molecule has 1 fully saturated rings. The maximum absolute atomic E-state index is 13.2. The average Bonchev–Trinajstić information content (AvgIpc) is 2.58. The van der Waals surface area contributed by atoms with Gasteiger partial charge in [0, 0.05) is 18.7 Å². The van der Waals surface area contributed by atoms with Gasteiger partial charge in [0.15, 0.2) is 0 Å². The van der Waals surface area contributed by atoms with Crippen molar-refractivity contribution in [2.45, 2.75) is 31.2 Å². The van der Waals surface area contributed by atoms with Gasteiger partial charge in [0.1, 0.15) is 24.3 Å². The molecule has 2 rings (SSSR count). The molecule has 0 radical (unpaired) electrons.